The SMILES string of the molecule is CS(=O)(=O)c1cccc(C#CCCSCc2ccc(OP(=O)(O)C(F)F)c(Br)c2)c1. The molecule has 0 aliphatic heterocycles. The second kappa shape index (κ2) is 10.8. The Morgan fingerprint density at radius 3 is 2.63 bits per heavy atom. The van der Waals surface area contributed by atoms with Crippen LogP contribution in [-0.4, -0.2) is 31.5 Å². The van der Waals surface area contributed by atoms with Crippen LogP contribution in [-0.2, 0) is 20.2 Å². The van der Waals surface area contributed by atoms with Gasteiger partial charge in [-0.25, -0.2) is 13.0 Å². The molecule has 0 bridgehead atoms. The molecule has 1 N–H and O–H groups in total. The summed E-state index contributed by atoms with van der Waals surface area (Å²) in [6.45, 7) is 0. The molecule has 0 aliphatic carbocycles. The van der Waals surface area contributed by atoms with Crippen molar-refractivity contribution in [2.75, 3.05) is 12.0 Å². The third-order valence-corrected chi connectivity index (χ3v) is 7.32. The lowest BCUT2D eigenvalue weighted by Crippen LogP contribution is -2.01. The highest BCUT2D eigenvalue weighted by molar-refractivity contribution is 9.10. The van der Waals surface area contributed by atoms with Gasteiger partial charge in [-0.3, -0.25) is 0 Å². The number of alkyl halides is 2. The second-order valence-electron chi connectivity index (χ2n) is 6.10. The zero-order valence-corrected chi connectivity index (χ0v) is 19.8. The van der Waals surface area contributed by atoms with E-state index in [4.69, 9.17) is 4.89 Å². The summed E-state index contributed by atoms with van der Waals surface area (Å²) >= 11 is 4.75. The molecule has 2 aromatic rings. The smallest absolute Gasteiger partial charge is 0.420 e. The highest BCUT2D eigenvalue weighted by atomic mass is 79.9. The van der Waals surface area contributed by atoms with Crippen molar-refractivity contribution in [3.8, 4) is 17.6 Å². The number of rotatable bonds is 8. The standard InChI is InChI=1S/C19H18BrF2O5PS2/c1-30(25,26)16-7-4-6-14(11-16)5-2-3-10-29-13-15-8-9-18(17(20)12-15)27-28(23,24)19(21)22/h4,6-9,11-12,19H,3,10,13H2,1H3,(H,23,24). The highest BCUT2D eigenvalue weighted by Crippen LogP contribution is 2.50. The number of hydrogen-bond donors (Lipinski definition) is 1. The van der Waals surface area contributed by atoms with Crippen molar-refractivity contribution in [3.05, 3.63) is 58.1 Å². The lowest BCUT2D eigenvalue weighted by molar-refractivity contribution is 0.188. The van der Waals surface area contributed by atoms with Crippen LogP contribution in [0.2, 0.25) is 0 Å². The zero-order chi connectivity index (χ0) is 22.4. The normalized spacial score (nSPS) is 13.4. The quantitative estimate of drug-likeness (QED) is 0.278. The van der Waals surface area contributed by atoms with Gasteiger partial charge in [0.25, 0.3) is 0 Å². The largest absolute Gasteiger partial charge is 0.442 e. The van der Waals surface area contributed by atoms with Crippen molar-refractivity contribution < 1.29 is 31.2 Å². The number of halogens is 3. The first kappa shape index (κ1) is 24.9. The van der Waals surface area contributed by atoms with E-state index in [1.165, 1.54) is 18.2 Å². The Morgan fingerprint density at radius 1 is 1.27 bits per heavy atom. The Morgan fingerprint density at radius 2 is 2.00 bits per heavy atom. The van der Waals surface area contributed by atoms with Crippen LogP contribution in [0.3, 0.4) is 0 Å². The lowest BCUT2D eigenvalue weighted by Gasteiger charge is -2.14. The third-order valence-electron chi connectivity index (χ3n) is 3.61. The lowest BCUT2D eigenvalue weighted by atomic mass is 10.2. The average Bonchev–Trinajstić information content (AvgIpc) is 2.66. The van der Waals surface area contributed by atoms with Crippen LogP contribution in [0.5, 0.6) is 5.75 Å². The molecular weight excluding hydrogens is 521 g/mol. The molecule has 30 heavy (non-hydrogen) atoms. The van der Waals surface area contributed by atoms with Crippen molar-refractivity contribution in [1.82, 2.24) is 0 Å². The van der Waals surface area contributed by atoms with Crippen LogP contribution in [0.4, 0.5) is 8.78 Å². The molecule has 1 unspecified atom stereocenters. The molecule has 11 heteroatoms. The molecule has 2 rings (SSSR count). The van der Waals surface area contributed by atoms with Gasteiger partial charge in [-0.05, 0) is 51.8 Å². The summed E-state index contributed by atoms with van der Waals surface area (Å²) in [5.74, 6) is 7.16. The Labute approximate surface area is 186 Å². The van der Waals surface area contributed by atoms with Gasteiger partial charge in [0.1, 0.15) is 5.75 Å². The van der Waals surface area contributed by atoms with E-state index in [0.717, 1.165) is 17.6 Å². The first-order chi connectivity index (χ1) is 14.0. The minimum atomic E-state index is -5.02. The minimum absolute atomic E-state index is 0.128. The number of thioether (sulfide) groups is 1. The zero-order valence-electron chi connectivity index (χ0n) is 15.7. The number of benzene rings is 2. The Kier molecular flexibility index (Phi) is 8.95. The molecule has 162 valence electrons. The van der Waals surface area contributed by atoms with Gasteiger partial charge in [-0.15, -0.1) is 0 Å². The molecule has 0 saturated carbocycles. The Bertz CT molecular complexity index is 1110. The van der Waals surface area contributed by atoms with E-state index in [1.54, 1.807) is 36.0 Å². The van der Waals surface area contributed by atoms with Crippen LogP contribution >= 0.6 is 35.3 Å². The first-order valence-electron chi connectivity index (χ1n) is 8.44. The number of sulfone groups is 1. The maximum absolute atomic E-state index is 12.5. The monoisotopic (exact) mass is 538 g/mol. The Hall–Kier alpha value is -1.37. The first-order valence-corrected chi connectivity index (χ1v) is 13.9. The van der Waals surface area contributed by atoms with Gasteiger partial charge in [-0.2, -0.15) is 20.5 Å². The summed E-state index contributed by atoms with van der Waals surface area (Å²) in [5.41, 5.74) is 1.50. The topological polar surface area (TPSA) is 80.7 Å². The molecule has 0 heterocycles. The van der Waals surface area contributed by atoms with E-state index >= 15 is 0 Å². The molecule has 2 aromatic carbocycles. The summed E-state index contributed by atoms with van der Waals surface area (Å²) < 4.78 is 64.2. The van der Waals surface area contributed by atoms with Crippen molar-refractivity contribution in [3.63, 3.8) is 0 Å². The van der Waals surface area contributed by atoms with Crippen LogP contribution in [0.15, 0.2) is 51.8 Å². The van der Waals surface area contributed by atoms with Gasteiger partial charge in [0.2, 0.25) is 0 Å². The summed E-state index contributed by atoms with van der Waals surface area (Å²) in [6, 6.07) is 11.1. The van der Waals surface area contributed by atoms with Gasteiger partial charge < -0.3 is 9.42 Å². The van der Waals surface area contributed by atoms with Gasteiger partial charge in [-0.1, -0.05) is 24.0 Å². The summed E-state index contributed by atoms with van der Waals surface area (Å²) in [4.78, 5) is 9.35. The van der Waals surface area contributed by atoms with Crippen molar-refractivity contribution in [2.24, 2.45) is 0 Å². The maximum Gasteiger partial charge on any atom is 0.442 e. The maximum atomic E-state index is 12.5. The number of hydrogen-bond acceptors (Lipinski definition) is 5. The van der Waals surface area contributed by atoms with Crippen molar-refractivity contribution >= 4 is 45.1 Å². The highest BCUT2D eigenvalue weighted by Gasteiger charge is 2.34. The molecule has 0 saturated heterocycles. The molecule has 0 aromatic heterocycles. The van der Waals surface area contributed by atoms with Crippen LogP contribution in [0.25, 0.3) is 0 Å². The van der Waals surface area contributed by atoms with Crippen molar-refractivity contribution in [1.29, 1.82) is 0 Å². The minimum Gasteiger partial charge on any atom is -0.420 e. The summed E-state index contributed by atoms with van der Waals surface area (Å²) in [5, 5.41) is 0. The van der Waals surface area contributed by atoms with E-state index in [2.05, 4.69) is 32.3 Å². The predicted molar refractivity (Wildman–Crippen MR) is 118 cm³/mol. The van der Waals surface area contributed by atoms with Crippen LogP contribution < -0.4 is 4.52 Å². The summed E-state index contributed by atoms with van der Waals surface area (Å²) in [6.07, 6.45) is -1.73. The molecule has 0 amide bonds. The fourth-order valence-corrected chi connectivity index (χ4v) is 4.80. The van der Waals surface area contributed by atoms with Crippen LogP contribution in [0, 0.1) is 11.8 Å². The molecule has 1 atom stereocenters. The van der Waals surface area contributed by atoms with E-state index in [1.807, 2.05) is 0 Å². The van der Waals surface area contributed by atoms with Crippen LogP contribution in [0.1, 0.15) is 17.5 Å². The van der Waals surface area contributed by atoms with E-state index < -0.39 is 23.6 Å². The fraction of sp³-hybridized carbons (Fsp3) is 0.263. The van der Waals surface area contributed by atoms with Gasteiger partial charge in [0, 0.05) is 29.7 Å². The molecule has 0 radical (unpaired) electrons. The third kappa shape index (κ3) is 7.71. The van der Waals surface area contributed by atoms with E-state index in [0.29, 0.717) is 22.2 Å². The molecule has 0 spiro atoms. The van der Waals surface area contributed by atoms with E-state index in [-0.39, 0.29) is 10.6 Å². The second-order valence-corrected chi connectivity index (χ2v) is 11.8. The fourth-order valence-electron chi connectivity index (χ4n) is 2.17. The average molecular weight is 539 g/mol. The molecule has 0 fully saturated rings. The van der Waals surface area contributed by atoms with Crippen molar-refractivity contribution in [2.45, 2.75) is 23.2 Å². The molecular formula is C19H18BrF2O5PS2. The molecule has 5 nitrogen and oxygen atoms in total. The van der Waals surface area contributed by atoms with Gasteiger partial charge in [0.05, 0.1) is 9.37 Å². The van der Waals surface area contributed by atoms with Gasteiger partial charge >= 0.3 is 13.8 Å². The summed E-state index contributed by atoms with van der Waals surface area (Å²) in [7, 11) is -8.29. The predicted octanol–water partition coefficient (Wildman–Crippen LogP) is 5.31. The van der Waals surface area contributed by atoms with Gasteiger partial charge in [0.15, 0.2) is 9.84 Å². The van der Waals surface area contributed by atoms with E-state index in [9.17, 15) is 21.8 Å². The molecule has 0 aliphatic rings. The Balaban J connectivity index is 1.85.